The van der Waals surface area contributed by atoms with Crippen molar-refractivity contribution in [3.8, 4) is 0 Å². The molecule has 0 unspecified atom stereocenters. The third-order valence-electron chi connectivity index (χ3n) is 0.704. The second-order valence-corrected chi connectivity index (χ2v) is 6.39. The maximum absolute atomic E-state index is 11.0. The lowest BCUT2D eigenvalue weighted by molar-refractivity contribution is -0.106. The van der Waals surface area contributed by atoms with Gasteiger partial charge in [0.1, 0.15) is 0 Å². The number of hydrogen-bond donors (Lipinski definition) is 0. The van der Waals surface area contributed by atoms with Gasteiger partial charge in [-0.25, -0.2) is 0 Å². The first-order valence-electron chi connectivity index (χ1n) is 2.89. The van der Waals surface area contributed by atoms with Crippen molar-refractivity contribution in [3.63, 3.8) is 0 Å². The molecule has 0 saturated heterocycles. The molecule has 0 fully saturated rings. The minimum absolute atomic E-state index is 0.137. The van der Waals surface area contributed by atoms with Crippen LogP contribution in [0.2, 0.25) is 0 Å². The topological polar surface area (TPSA) is 17.1 Å². The predicted molar refractivity (Wildman–Crippen MR) is 56.0 cm³/mol. The van der Waals surface area contributed by atoms with Gasteiger partial charge in [0.2, 0.25) is 0 Å². The number of carbonyl (C=O) groups excluding carboxylic acids is 1. The van der Waals surface area contributed by atoms with Crippen molar-refractivity contribution in [2.75, 3.05) is 25.0 Å². The van der Waals surface area contributed by atoms with Gasteiger partial charge >= 0.3 is 0 Å². The molecular weight excluding hydrogens is 164 g/mol. The SMILES string of the molecule is CS(C)=CC(=O)C=S(C)C. The quantitative estimate of drug-likeness (QED) is 0.581. The van der Waals surface area contributed by atoms with Crippen molar-refractivity contribution in [2.45, 2.75) is 0 Å². The predicted octanol–water partition coefficient (Wildman–Crippen LogP) is 1.22. The standard InChI is InChI=1S/C7H14OS2/c1-9(2)5-7(8)6-10(3)4/h5-6H,1-4H3. The lowest BCUT2D eigenvalue weighted by Gasteiger charge is -1.90. The molecule has 0 aromatic heterocycles. The summed E-state index contributed by atoms with van der Waals surface area (Å²) in [5, 5.41) is 3.54. The first kappa shape index (κ1) is 10.1. The van der Waals surface area contributed by atoms with Crippen molar-refractivity contribution in [2.24, 2.45) is 0 Å². The Hall–Kier alpha value is 0.110. The van der Waals surface area contributed by atoms with Crippen LogP contribution >= 0.6 is 21.0 Å². The Balaban J connectivity index is 4.14. The zero-order valence-corrected chi connectivity index (χ0v) is 8.51. The summed E-state index contributed by atoms with van der Waals surface area (Å²) in [7, 11) is 0.273. The highest BCUT2D eigenvalue weighted by molar-refractivity contribution is 8.16. The second-order valence-electron chi connectivity index (χ2n) is 2.40. The molecule has 0 saturated carbocycles. The summed E-state index contributed by atoms with van der Waals surface area (Å²) >= 11 is 0. The summed E-state index contributed by atoms with van der Waals surface area (Å²) in [6.45, 7) is 0. The van der Waals surface area contributed by atoms with E-state index in [1.807, 2.05) is 25.0 Å². The number of carbonyl (C=O) groups is 1. The van der Waals surface area contributed by atoms with Crippen molar-refractivity contribution in [3.05, 3.63) is 0 Å². The van der Waals surface area contributed by atoms with Crippen LogP contribution in [-0.2, 0) is 4.79 Å². The number of ketones is 1. The molecule has 3 heteroatoms. The highest BCUT2D eigenvalue weighted by Gasteiger charge is 1.88. The molecule has 60 valence electrons. The molecule has 0 bridgehead atoms. The van der Waals surface area contributed by atoms with E-state index < -0.39 is 0 Å². The van der Waals surface area contributed by atoms with Crippen LogP contribution in [0.3, 0.4) is 0 Å². The highest BCUT2D eigenvalue weighted by Crippen LogP contribution is 1.97. The number of hydrogen-bond acceptors (Lipinski definition) is 1. The highest BCUT2D eigenvalue weighted by atomic mass is 32.2. The molecule has 10 heavy (non-hydrogen) atoms. The van der Waals surface area contributed by atoms with Gasteiger partial charge < -0.3 is 0 Å². The smallest absolute Gasteiger partial charge is 0.189 e. The Morgan fingerprint density at radius 1 is 1.00 bits per heavy atom. The summed E-state index contributed by atoms with van der Waals surface area (Å²) in [5.74, 6) is 0.182. The summed E-state index contributed by atoms with van der Waals surface area (Å²) in [4.78, 5) is 11.0. The van der Waals surface area contributed by atoms with E-state index in [1.165, 1.54) is 0 Å². The van der Waals surface area contributed by atoms with E-state index in [0.717, 1.165) is 0 Å². The second kappa shape index (κ2) is 4.85. The first-order chi connectivity index (χ1) is 4.52. The van der Waals surface area contributed by atoms with Gasteiger partial charge in [-0.2, -0.15) is 21.0 Å². The summed E-state index contributed by atoms with van der Waals surface area (Å²) in [6.07, 6.45) is 8.15. The van der Waals surface area contributed by atoms with Crippen molar-refractivity contribution in [1.29, 1.82) is 0 Å². The van der Waals surface area contributed by atoms with Crippen LogP contribution in [0.15, 0.2) is 0 Å². The molecule has 0 rings (SSSR count). The average Bonchev–Trinajstić information content (AvgIpc) is 1.58. The molecular formula is C7H14OS2. The van der Waals surface area contributed by atoms with Crippen molar-refractivity contribution >= 4 is 37.5 Å². The third kappa shape index (κ3) is 6.23. The van der Waals surface area contributed by atoms with E-state index in [2.05, 4.69) is 0 Å². The van der Waals surface area contributed by atoms with Gasteiger partial charge in [0, 0.05) is 10.7 Å². The van der Waals surface area contributed by atoms with Gasteiger partial charge in [0.25, 0.3) is 0 Å². The molecule has 0 aliphatic rings. The summed E-state index contributed by atoms with van der Waals surface area (Å²) < 4.78 is 0. The Bertz CT molecular complexity index is 164. The third-order valence-corrected chi connectivity index (χ3v) is 2.11. The molecule has 0 spiro atoms. The Labute approximate surface area is 67.7 Å². The van der Waals surface area contributed by atoms with Crippen LogP contribution in [0, 0.1) is 0 Å². The minimum atomic E-state index is 0.137. The van der Waals surface area contributed by atoms with Crippen LogP contribution in [0.4, 0.5) is 0 Å². The molecule has 0 atom stereocenters. The maximum atomic E-state index is 11.0. The van der Waals surface area contributed by atoms with Gasteiger partial charge in [0.05, 0.1) is 0 Å². The van der Waals surface area contributed by atoms with Gasteiger partial charge in [-0.15, -0.1) is 0 Å². The van der Waals surface area contributed by atoms with Crippen molar-refractivity contribution < 1.29 is 4.79 Å². The monoisotopic (exact) mass is 178 g/mol. The van der Waals surface area contributed by atoms with E-state index in [1.54, 1.807) is 10.7 Å². The fourth-order valence-electron chi connectivity index (χ4n) is 0.492. The zero-order chi connectivity index (χ0) is 8.15. The molecule has 0 N–H and O–H groups in total. The van der Waals surface area contributed by atoms with E-state index in [4.69, 9.17) is 0 Å². The largest absolute Gasteiger partial charge is 0.289 e. The Morgan fingerprint density at radius 3 is 1.50 bits per heavy atom. The average molecular weight is 178 g/mol. The lowest BCUT2D eigenvalue weighted by Crippen LogP contribution is -1.99. The zero-order valence-electron chi connectivity index (χ0n) is 6.88. The molecule has 0 amide bonds. The van der Waals surface area contributed by atoms with Crippen molar-refractivity contribution in [1.82, 2.24) is 0 Å². The van der Waals surface area contributed by atoms with Gasteiger partial charge in [-0.3, -0.25) is 4.79 Å². The van der Waals surface area contributed by atoms with Crippen LogP contribution in [0.5, 0.6) is 0 Å². The first-order valence-corrected chi connectivity index (χ1v) is 7.09. The molecule has 0 radical (unpaired) electrons. The van der Waals surface area contributed by atoms with Gasteiger partial charge in [0.15, 0.2) is 5.78 Å². The van der Waals surface area contributed by atoms with Crippen LogP contribution in [0.25, 0.3) is 0 Å². The molecule has 0 aliphatic carbocycles. The van der Waals surface area contributed by atoms with E-state index in [-0.39, 0.29) is 26.8 Å². The van der Waals surface area contributed by atoms with Crippen LogP contribution in [0.1, 0.15) is 0 Å². The van der Waals surface area contributed by atoms with E-state index >= 15 is 0 Å². The number of Topliss-reactive ketones (excluding diaryl/α,β-unsaturated/α-hetero) is 1. The normalized spacial score (nSPS) is 10.2. The fraction of sp³-hybridized carbons (Fsp3) is 0.571. The molecule has 0 aromatic rings. The molecule has 0 aliphatic heterocycles. The maximum Gasteiger partial charge on any atom is 0.189 e. The fourth-order valence-corrected chi connectivity index (χ4v) is 1.64. The molecule has 1 nitrogen and oxygen atoms in total. The minimum Gasteiger partial charge on any atom is -0.289 e. The van der Waals surface area contributed by atoms with E-state index in [0.29, 0.717) is 0 Å². The molecule has 0 aromatic carbocycles. The van der Waals surface area contributed by atoms with Crippen LogP contribution < -0.4 is 0 Å². The molecule has 0 heterocycles. The summed E-state index contributed by atoms with van der Waals surface area (Å²) in [6, 6.07) is 0. The van der Waals surface area contributed by atoms with E-state index in [9.17, 15) is 4.79 Å². The number of rotatable bonds is 2. The summed E-state index contributed by atoms with van der Waals surface area (Å²) in [5.41, 5.74) is 0. The van der Waals surface area contributed by atoms with Gasteiger partial charge in [-0.05, 0) is 25.0 Å². The lowest BCUT2D eigenvalue weighted by atomic mass is 10.5. The van der Waals surface area contributed by atoms with Gasteiger partial charge in [-0.1, -0.05) is 0 Å². The Morgan fingerprint density at radius 2 is 1.30 bits per heavy atom. The Kier molecular flexibility index (Phi) is 4.91. The van der Waals surface area contributed by atoms with Crippen LogP contribution in [-0.4, -0.2) is 41.5 Å².